The van der Waals surface area contributed by atoms with Gasteiger partial charge in [0.25, 0.3) is 0 Å². The first-order valence-corrected chi connectivity index (χ1v) is 10.9. The molecule has 0 atom stereocenters. The van der Waals surface area contributed by atoms with Crippen LogP contribution in [0.25, 0.3) is 10.8 Å². The van der Waals surface area contributed by atoms with Gasteiger partial charge in [-0.25, -0.2) is 0 Å². The van der Waals surface area contributed by atoms with E-state index in [9.17, 15) is 0 Å². The molecule has 2 aliphatic rings. The maximum absolute atomic E-state index is 5.80. The van der Waals surface area contributed by atoms with Gasteiger partial charge < -0.3 is 14.9 Å². The number of hydrogen-bond donors (Lipinski definition) is 1. The lowest BCUT2D eigenvalue weighted by Crippen LogP contribution is -2.46. The lowest BCUT2D eigenvalue weighted by atomic mass is 10.1. The Morgan fingerprint density at radius 1 is 0.821 bits per heavy atom. The SMILES string of the molecule is Nc1ccc(N2CCN(CCCN3Sc4cccc5cccc3c45)CC2)cc1. The minimum Gasteiger partial charge on any atom is -0.399 e. The van der Waals surface area contributed by atoms with Crippen molar-refractivity contribution in [2.24, 2.45) is 0 Å². The highest BCUT2D eigenvalue weighted by Gasteiger charge is 2.22. The molecule has 3 aromatic carbocycles. The average molecular weight is 391 g/mol. The van der Waals surface area contributed by atoms with Crippen molar-refractivity contribution in [1.29, 1.82) is 0 Å². The quantitative estimate of drug-likeness (QED) is 0.514. The number of anilines is 3. The van der Waals surface area contributed by atoms with E-state index in [1.165, 1.54) is 40.0 Å². The monoisotopic (exact) mass is 390 g/mol. The van der Waals surface area contributed by atoms with Gasteiger partial charge in [-0.3, -0.25) is 4.90 Å². The van der Waals surface area contributed by atoms with Crippen LogP contribution in [0.15, 0.2) is 65.6 Å². The van der Waals surface area contributed by atoms with Gasteiger partial charge in [-0.15, -0.1) is 0 Å². The van der Waals surface area contributed by atoms with Gasteiger partial charge >= 0.3 is 0 Å². The zero-order valence-electron chi connectivity index (χ0n) is 16.1. The van der Waals surface area contributed by atoms with Crippen LogP contribution in [0.4, 0.5) is 17.1 Å². The second-order valence-electron chi connectivity index (χ2n) is 7.60. The molecule has 0 aliphatic carbocycles. The number of rotatable bonds is 5. The van der Waals surface area contributed by atoms with E-state index in [2.05, 4.69) is 62.6 Å². The van der Waals surface area contributed by atoms with E-state index in [-0.39, 0.29) is 0 Å². The van der Waals surface area contributed by atoms with Crippen molar-refractivity contribution < 1.29 is 0 Å². The van der Waals surface area contributed by atoms with Crippen LogP contribution in [0.1, 0.15) is 6.42 Å². The first kappa shape index (κ1) is 17.7. The Morgan fingerprint density at radius 2 is 1.57 bits per heavy atom. The van der Waals surface area contributed by atoms with Crippen LogP contribution in [0.5, 0.6) is 0 Å². The molecule has 0 spiro atoms. The summed E-state index contributed by atoms with van der Waals surface area (Å²) < 4.78 is 2.47. The van der Waals surface area contributed by atoms with E-state index in [0.717, 1.165) is 38.4 Å². The molecule has 28 heavy (non-hydrogen) atoms. The minimum atomic E-state index is 0.833. The predicted octanol–water partition coefficient (Wildman–Crippen LogP) is 4.46. The fraction of sp³-hybridized carbons (Fsp3) is 0.304. The smallest absolute Gasteiger partial charge is 0.0563 e. The molecular formula is C23H26N4S. The van der Waals surface area contributed by atoms with Crippen LogP contribution in [0, 0.1) is 0 Å². The molecule has 4 nitrogen and oxygen atoms in total. The van der Waals surface area contributed by atoms with Crippen molar-refractivity contribution in [1.82, 2.24) is 4.90 Å². The van der Waals surface area contributed by atoms with Crippen LogP contribution in [-0.2, 0) is 0 Å². The molecule has 1 fully saturated rings. The summed E-state index contributed by atoms with van der Waals surface area (Å²) in [5.41, 5.74) is 9.30. The second-order valence-corrected chi connectivity index (χ2v) is 8.66. The Kier molecular flexibility index (Phi) is 4.79. The maximum Gasteiger partial charge on any atom is 0.0563 e. The molecule has 0 bridgehead atoms. The lowest BCUT2D eigenvalue weighted by Gasteiger charge is -2.36. The van der Waals surface area contributed by atoms with Gasteiger partial charge in [0.1, 0.15) is 0 Å². The van der Waals surface area contributed by atoms with Gasteiger partial charge in [-0.05, 0) is 66.7 Å². The van der Waals surface area contributed by atoms with Crippen molar-refractivity contribution in [3.63, 3.8) is 0 Å². The van der Waals surface area contributed by atoms with Crippen molar-refractivity contribution in [3.8, 4) is 0 Å². The van der Waals surface area contributed by atoms with E-state index < -0.39 is 0 Å². The van der Waals surface area contributed by atoms with Gasteiger partial charge in [-0.1, -0.05) is 24.3 Å². The predicted molar refractivity (Wildman–Crippen MR) is 121 cm³/mol. The Balaban J connectivity index is 1.13. The highest BCUT2D eigenvalue weighted by molar-refractivity contribution is 8.01. The fourth-order valence-electron chi connectivity index (χ4n) is 4.26. The highest BCUT2D eigenvalue weighted by atomic mass is 32.2. The van der Waals surface area contributed by atoms with Crippen LogP contribution >= 0.6 is 11.9 Å². The molecule has 0 radical (unpaired) electrons. The number of hydrogen-bond acceptors (Lipinski definition) is 5. The molecule has 3 aromatic rings. The van der Waals surface area contributed by atoms with E-state index in [1.807, 2.05) is 24.1 Å². The number of piperazine rings is 1. The molecule has 2 heterocycles. The zero-order chi connectivity index (χ0) is 18.9. The Morgan fingerprint density at radius 3 is 2.36 bits per heavy atom. The fourth-order valence-corrected chi connectivity index (χ4v) is 5.42. The standard InChI is InChI=1S/C23H26N4S/c24-19-8-10-20(11-9-19)26-16-14-25(15-17-26)12-3-13-27-21-6-1-4-18-5-2-7-22(28-27)23(18)21/h1-2,4-11H,3,12-17,24H2. The molecule has 2 N–H and O–H groups in total. The Hall–Kier alpha value is -2.37. The van der Waals surface area contributed by atoms with Crippen LogP contribution in [-0.4, -0.2) is 44.2 Å². The summed E-state index contributed by atoms with van der Waals surface area (Å²) in [5.74, 6) is 0. The van der Waals surface area contributed by atoms with Gasteiger partial charge in [-0.2, -0.15) is 0 Å². The van der Waals surface area contributed by atoms with Gasteiger partial charge in [0.2, 0.25) is 0 Å². The number of nitrogens with two attached hydrogens (primary N) is 1. The molecular weight excluding hydrogens is 364 g/mol. The summed E-state index contributed by atoms with van der Waals surface area (Å²) in [4.78, 5) is 6.46. The van der Waals surface area contributed by atoms with E-state index in [1.54, 1.807) is 0 Å². The summed E-state index contributed by atoms with van der Waals surface area (Å²) in [6.07, 6.45) is 1.19. The average Bonchev–Trinajstić information content (AvgIpc) is 3.09. The largest absolute Gasteiger partial charge is 0.399 e. The molecule has 0 amide bonds. The van der Waals surface area contributed by atoms with E-state index in [0.29, 0.717) is 0 Å². The van der Waals surface area contributed by atoms with Gasteiger partial charge in [0.15, 0.2) is 0 Å². The highest BCUT2D eigenvalue weighted by Crippen LogP contribution is 2.45. The molecule has 0 unspecified atom stereocenters. The first-order chi connectivity index (χ1) is 13.8. The zero-order valence-corrected chi connectivity index (χ0v) is 16.9. The van der Waals surface area contributed by atoms with Crippen molar-refractivity contribution >= 4 is 39.8 Å². The maximum atomic E-state index is 5.80. The first-order valence-electron chi connectivity index (χ1n) is 10.1. The van der Waals surface area contributed by atoms with Crippen molar-refractivity contribution in [2.45, 2.75) is 11.3 Å². The number of nitrogens with zero attached hydrogens (tertiary/aromatic N) is 3. The van der Waals surface area contributed by atoms with Gasteiger partial charge in [0.05, 0.1) is 5.69 Å². The van der Waals surface area contributed by atoms with Crippen molar-refractivity contribution in [2.75, 3.05) is 54.2 Å². The summed E-state index contributed by atoms with van der Waals surface area (Å²) in [6.45, 7) is 6.70. The molecule has 5 rings (SSSR count). The lowest BCUT2D eigenvalue weighted by molar-refractivity contribution is 0.256. The minimum absolute atomic E-state index is 0.833. The van der Waals surface area contributed by atoms with Crippen molar-refractivity contribution in [3.05, 3.63) is 60.7 Å². The topological polar surface area (TPSA) is 35.7 Å². The molecule has 0 saturated carbocycles. The molecule has 2 aliphatic heterocycles. The molecule has 5 heteroatoms. The summed E-state index contributed by atoms with van der Waals surface area (Å²) in [7, 11) is 0. The number of nitrogen functional groups attached to an aromatic ring is 1. The summed E-state index contributed by atoms with van der Waals surface area (Å²) >= 11 is 1.90. The molecule has 144 valence electrons. The van der Waals surface area contributed by atoms with E-state index >= 15 is 0 Å². The summed E-state index contributed by atoms with van der Waals surface area (Å²) in [6, 6.07) is 21.5. The number of benzene rings is 3. The third kappa shape index (κ3) is 3.40. The second kappa shape index (κ2) is 7.57. The van der Waals surface area contributed by atoms with Crippen LogP contribution in [0.3, 0.4) is 0 Å². The normalized spacial score (nSPS) is 16.9. The summed E-state index contributed by atoms with van der Waals surface area (Å²) in [5, 5.41) is 2.77. The third-order valence-corrected chi connectivity index (χ3v) is 6.92. The Labute approximate surface area is 171 Å². The molecule has 1 saturated heterocycles. The van der Waals surface area contributed by atoms with Crippen LogP contribution < -0.4 is 14.9 Å². The molecule has 0 aromatic heterocycles. The van der Waals surface area contributed by atoms with Gasteiger partial charge in [0, 0.05) is 54.4 Å². The van der Waals surface area contributed by atoms with E-state index in [4.69, 9.17) is 5.73 Å². The van der Waals surface area contributed by atoms with Crippen LogP contribution in [0.2, 0.25) is 0 Å². The third-order valence-electron chi connectivity index (χ3n) is 5.79. The Bertz CT molecular complexity index is 959.